The Balaban J connectivity index is 1.80. The van der Waals surface area contributed by atoms with E-state index in [2.05, 4.69) is 15.5 Å². The maximum atomic E-state index is 12.2. The predicted octanol–water partition coefficient (Wildman–Crippen LogP) is 2.09. The van der Waals surface area contributed by atoms with Crippen LogP contribution in [0.2, 0.25) is 0 Å². The number of carbonyl (C=O) groups excluding carboxylic acids is 1. The van der Waals surface area contributed by atoms with Crippen LogP contribution in [0, 0.1) is 0 Å². The van der Waals surface area contributed by atoms with E-state index in [-0.39, 0.29) is 18.1 Å². The van der Waals surface area contributed by atoms with Crippen LogP contribution in [0.25, 0.3) is 0 Å². The van der Waals surface area contributed by atoms with E-state index in [0.717, 1.165) is 17.7 Å². The summed E-state index contributed by atoms with van der Waals surface area (Å²) in [6.45, 7) is 1.73. The number of amidine groups is 1. The Morgan fingerprint density at radius 2 is 2.33 bits per heavy atom. The third-order valence-electron chi connectivity index (χ3n) is 3.89. The molecule has 8 heteroatoms. The Kier molecular flexibility index (Phi) is 4.59. The maximum Gasteiger partial charge on any atom is 0.277 e. The lowest BCUT2D eigenvalue weighted by atomic mass is 9.89. The predicted molar refractivity (Wildman–Crippen MR) is 92.9 cm³/mol. The maximum absolute atomic E-state index is 12.2. The second kappa shape index (κ2) is 6.66. The molecule has 7 nitrogen and oxygen atoms in total. The number of nitrogens with zero attached hydrogens (tertiary/aromatic N) is 2. The van der Waals surface area contributed by atoms with Crippen molar-refractivity contribution in [2.45, 2.75) is 25.5 Å². The van der Waals surface area contributed by atoms with Gasteiger partial charge in [0.15, 0.2) is 16.6 Å². The van der Waals surface area contributed by atoms with Crippen molar-refractivity contribution in [2.75, 3.05) is 11.1 Å². The zero-order valence-corrected chi connectivity index (χ0v) is 14.0. The zero-order valence-electron chi connectivity index (χ0n) is 13.2. The van der Waals surface area contributed by atoms with Crippen molar-refractivity contribution in [1.29, 1.82) is 0 Å². The van der Waals surface area contributed by atoms with E-state index in [1.165, 1.54) is 6.07 Å². The molecule has 0 radical (unpaired) electrons. The number of benzene rings is 1. The van der Waals surface area contributed by atoms with Crippen molar-refractivity contribution >= 4 is 28.5 Å². The highest BCUT2D eigenvalue weighted by molar-refractivity contribution is 8.13. The van der Waals surface area contributed by atoms with Crippen LogP contribution in [0.15, 0.2) is 39.8 Å². The van der Waals surface area contributed by atoms with Crippen LogP contribution < -0.4 is 11.1 Å². The number of anilines is 1. The Bertz CT molecular complexity index is 789. The molecule has 1 atom stereocenters. The first-order valence-electron chi connectivity index (χ1n) is 7.47. The fourth-order valence-electron chi connectivity index (χ4n) is 2.52. The Labute approximate surface area is 143 Å². The van der Waals surface area contributed by atoms with Crippen molar-refractivity contribution in [3.05, 3.63) is 47.3 Å². The van der Waals surface area contributed by atoms with Crippen molar-refractivity contribution < 1.29 is 14.4 Å². The topological polar surface area (TPSA) is 114 Å². The molecule has 24 heavy (non-hydrogen) atoms. The average molecular weight is 346 g/mol. The van der Waals surface area contributed by atoms with Crippen LogP contribution in [0.5, 0.6) is 0 Å². The number of aliphatic hydroxyl groups excluding tert-OH is 1. The van der Waals surface area contributed by atoms with Crippen molar-refractivity contribution in [2.24, 2.45) is 10.7 Å². The van der Waals surface area contributed by atoms with Crippen molar-refractivity contribution in [3.8, 4) is 0 Å². The minimum Gasteiger partial charge on any atom is -0.388 e. The molecule has 2 heterocycles. The van der Waals surface area contributed by atoms with Gasteiger partial charge in [-0.3, -0.25) is 9.79 Å². The van der Waals surface area contributed by atoms with Gasteiger partial charge in [0.1, 0.15) is 6.61 Å². The number of hydrogen-bond donors (Lipinski definition) is 3. The number of nitrogens with two attached hydrogens (primary N) is 1. The molecule has 2 aromatic rings. The molecule has 126 valence electrons. The molecule has 1 aromatic carbocycles. The highest BCUT2D eigenvalue weighted by Crippen LogP contribution is 2.35. The summed E-state index contributed by atoms with van der Waals surface area (Å²) in [5.41, 5.74) is 7.21. The minimum atomic E-state index is -0.400. The molecule has 1 unspecified atom stereocenters. The molecule has 1 aliphatic heterocycles. The molecule has 1 aromatic heterocycles. The first-order chi connectivity index (χ1) is 11.5. The summed E-state index contributed by atoms with van der Waals surface area (Å²) in [5.74, 6) is 0.750. The third-order valence-corrected chi connectivity index (χ3v) is 4.68. The molecule has 0 saturated carbocycles. The van der Waals surface area contributed by atoms with Crippen LogP contribution in [-0.2, 0) is 12.1 Å². The van der Waals surface area contributed by atoms with Gasteiger partial charge in [-0.2, -0.15) is 0 Å². The molecular weight excluding hydrogens is 328 g/mol. The molecule has 1 aliphatic rings. The van der Waals surface area contributed by atoms with Gasteiger partial charge in [-0.05, 0) is 31.0 Å². The fourth-order valence-corrected chi connectivity index (χ4v) is 3.49. The summed E-state index contributed by atoms with van der Waals surface area (Å²) in [6.07, 6.45) is 0.874. The lowest BCUT2D eigenvalue weighted by Crippen LogP contribution is -2.28. The van der Waals surface area contributed by atoms with Crippen LogP contribution in [0.3, 0.4) is 0 Å². The van der Waals surface area contributed by atoms with Gasteiger partial charge in [0, 0.05) is 17.5 Å². The van der Waals surface area contributed by atoms with E-state index in [9.17, 15) is 4.79 Å². The van der Waals surface area contributed by atoms with Crippen LogP contribution in [-0.4, -0.2) is 27.1 Å². The number of hydrogen-bond acceptors (Lipinski definition) is 7. The number of thioether (sulfide) groups is 1. The van der Waals surface area contributed by atoms with E-state index >= 15 is 0 Å². The summed E-state index contributed by atoms with van der Waals surface area (Å²) in [5, 5.41) is 16.0. The molecule has 1 amide bonds. The van der Waals surface area contributed by atoms with Crippen molar-refractivity contribution in [3.63, 3.8) is 0 Å². The first kappa shape index (κ1) is 16.5. The minimum absolute atomic E-state index is 0.118. The van der Waals surface area contributed by atoms with Gasteiger partial charge < -0.3 is 20.7 Å². The quantitative estimate of drug-likeness (QED) is 0.781. The van der Waals surface area contributed by atoms with Gasteiger partial charge in [-0.1, -0.05) is 29.1 Å². The number of aromatic nitrogens is 1. The summed E-state index contributed by atoms with van der Waals surface area (Å²) in [7, 11) is 0. The monoisotopic (exact) mass is 346 g/mol. The lowest BCUT2D eigenvalue weighted by molar-refractivity contribution is 0.101. The summed E-state index contributed by atoms with van der Waals surface area (Å²) >= 11 is 1.55. The number of amides is 1. The zero-order chi connectivity index (χ0) is 17.2. The number of aliphatic hydroxyl groups is 1. The van der Waals surface area contributed by atoms with E-state index in [4.69, 9.17) is 15.4 Å². The highest BCUT2D eigenvalue weighted by Gasteiger charge is 2.29. The van der Waals surface area contributed by atoms with Gasteiger partial charge >= 0.3 is 0 Å². The molecule has 0 saturated heterocycles. The van der Waals surface area contributed by atoms with Crippen LogP contribution >= 0.6 is 11.8 Å². The van der Waals surface area contributed by atoms with Crippen molar-refractivity contribution in [1.82, 2.24) is 5.16 Å². The number of rotatable bonds is 4. The summed E-state index contributed by atoms with van der Waals surface area (Å²) in [4.78, 5) is 16.8. The smallest absolute Gasteiger partial charge is 0.277 e. The van der Waals surface area contributed by atoms with Gasteiger partial charge in [0.05, 0.1) is 5.54 Å². The largest absolute Gasteiger partial charge is 0.388 e. The van der Waals surface area contributed by atoms with Crippen LogP contribution in [0.1, 0.15) is 35.2 Å². The fraction of sp³-hybridized carbons (Fsp3) is 0.312. The number of carbonyl (C=O) groups is 1. The summed E-state index contributed by atoms with van der Waals surface area (Å²) in [6, 6.07) is 8.93. The van der Waals surface area contributed by atoms with E-state index in [1.54, 1.807) is 17.8 Å². The second-order valence-electron chi connectivity index (χ2n) is 5.69. The number of aliphatic imine (C=N–C) groups is 1. The molecule has 0 bridgehead atoms. The van der Waals surface area contributed by atoms with E-state index in [0.29, 0.717) is 10.9 Å². The molecular formula is C16H18N4O3S. The Morgan fingerprint density at radius 3 is 3.04 bits per heavy atom. The summed E-state index contributed by atoms with van der Waals surface area (Å²) < 4.78 is 4.82. The van der Waals surface area contributed by atoms with Gasteiger partial charge in [0.2, 0.25) is 0 Å². The standard InChI is InChI=1S/C16H18N4O3S/c1-16(5-6-24-15(17)19-16)10-3-2-4-11(7-10)18-14(22)13-8-12(9-21)23-20-13/h2-4,7-8,21H,5-6,9H2,1H3,(H2,17,19)(H,18,22). The third kappa shape index (κ3) is 3.44. The molecule has 0 aliphatic carbocycles. The Hall–Kier alpha value is -2.32. The second-order valence-corrected chi connectivity index (χ2v) is 6.81. The van der Waals surface area contributed by atoms with E-state index in [1.807, 2.05) is 25.1 Å². The molecule has 3 rings (SSSR count). The van der Waals surface area contributed by atoms with Gasteiger partial charge in [-0.25, -0.2) is 0 Å². The molecule has 4 N–H and O–H groups in total. The number of nitrogens with one attached hydrogen (secondary N) is 1. The van der Waals surface area contributed by atoms with Gasteiger partial charge in [0.25, 0.3) is 5.91 Å². The first-order valence-corrected chi connectivity index (χ1v) is 8.45. The highest BCUT2D eigenvalue weighted by atomic mass is 32.2. The lowest BCUT2D eigenvalue weighted by Gasteiger charge is -2.30. The molecule has 0 spiro atoms. The molecule has 0 fully saturated rings. The van der Waals surface area contributed by atoms with Crippen LogP contribution in [0.4, 0.5) is 5.69 Å². The average Bonchev–Trinajstić information content (AvgIpc) is 3.04. The van der Waals surface area contributed by atoms with E-state index < -0.39 is 11.4 Å². The Morgan fingerprint density at radius 1 is 1.50 bits per heavy atom. The van der Waals surface area contributed by atoms with Gasteiger partial charge in [-0.15, -0.1) is 0 Å². The SMILES string of the molecule is CC1(c2cccc(NC(=O)c3cc(CO)on3)c2)CCSC(N)=N1. The normalized spacial score (nSPS) is 20.5.